The fourth-order valence-corrected chi connectivity index (χ4v) is 1.15. The average molecular weight is 180 g/mol. The molecule has 13 heavy (non-hydrogen) atoms. The summed E-state index contributed by atoms with van der Waals surface area (Å²) in [7, 11) is 3.65. The Labute approximate surface area is 79.3 Å². The molecule has 0 unspecified atom stereocenters. The van der Waals surface area contributed by atoms with Crippen LogP contribution < -0.4 is 9.64 Å². The van der Waals surface area contributed by atoms with Crippen LogP contribution in [0.25, 0.3) is 0 Å². The van der Waals surface area contributed by atoms with E-state index in [0.717, 1.165) is 12.4 Å². The predicted octanol–water partition coefficient (Wildman–Crippen LogP) is 1.85. The molecule has 0 radical (unpaired) electrons. The first-order valence-corrected chi connectivity index (χ1v) is 4.41. The van der Waals surface area contributed by atoms with Crippen molar-refractivity contribution in [1.82, 2.24) is 4.98 Å². The molecule has 0 aliphatic rings. The summed E-state index contributed by atoms with van der Waals surface area (Å²) in [6.45, 7) is 5.09. The van der Waals surface area contributed by atoms with E-state index in [9.17, 15) is 0 Å². The Hall–Kier alpha value is -1.25. The normalized spacial score (nSPS) is 9.85. The minimum atomic E-state index is 0.668. The highest BCUT2D eigenvalue weighted by molar-refractivity contribution is 5.47. The Kier molecular flexibility index (Phi) is 3.12. The number of anilines is 1. The molecule has 1 rings (SSSR count). The second-order valence-electron chi connectivity index (χ2n) is 3.01. The molecule has 0 saturated carbocycles. The number of methoxy groups -OCH3 is 1. The summed E-state index contributed by atoms with van der Waals surface area (Å²) < 4.78 is 5.07. The zero-order chi connectivity index (χ0) is 9.84. The molecular formula is C10H16N2O. The van der Waals surface area contributed by atoms with Gasteiger partial charge in [-0.2, -0.15) is 4.98 Å². The monoisotopic (exact) mass is 180 g/mol. The van der Waals surface area contributed by atoms with Gasteiger partial charge < -0.3 is 9.64 Å². The van der Waals surface area contributed by atoms with E-state index < -0.39 is 0 Å². The number of aromatic nitrogens is 1. The summed E-state index contributed by atoms with van der Waals surface area (Å²) in [5.41, 5.74) is 1.17. The van der Waals surface area contributed by atoms with Crippen molar-refractivity contribution >= 4 is 5.82 Å². The van der Waals surface area contributed by atoms with E-state index in [4.69, 9.17) is 4.74 Å². The molecule has 0 aromatic carbocycles. The lowest BCUT2D eigenvalue weighted by atomic mass is 10.3. The highest BCUT2D eigenvalue weighted by atomic mass is 16.5. The highest BCUT2D eigenvalue weighted by Crippen LogP contribution is 2.19. The summed E-state index contributed by atoms with van der Waals surface area (Å²) in [6.07, 6.45) is 0. The number of aryl methyl sites for hydroxylation is 1. The Morgan fingerprint density at radius 3 is 2.69 bits per heavy atom. The average Bonchev–Trinajstić information content (AvgIpc) is 2.17. The lowest BCUT2D eigenvalue weighted by molar-refractivity contribution is 0.398. The molecule has 3 heteroatoms. The van der Waals surface area contributed by atoms with Crippen LogP contribution in [0.3, 0.4) is 0 Å². The Morgan fingerprint density at radius 2 is 2.15 bits per heavy atom. The van der Waals surface area contributed by atoms with Crippen molar-refractivity contribution in [2.45, 2.75) is 13.8 Å². The van der Waals surface area contributed by atoms with E-state index in [1.807, 2.05) is 26.1 Å². The third kappa shape index (κ3) is 2.11. The van der Waals surface area contributed by atoms with Crippen LogP contribution in [0.15, 0.2) is 12.1 Å². The van der Waals surface area contributed by atoms with Crippen LogP contribution in [0.5, 0.6) is 5.88 Å². The van der Waals surface area contributed by atoms with Gasteiger partial charge in [0.1, 0.15) is 5.82 Å². The van der Waals surface area contributed by atoms with E-state index in [2.05, 4.69) is 16.8 Å². The van der Waals surface area contributed by atoms with E-state index in [1.54, 1.807) is 7.11 Å². The minimum absolute atomic E-state index is 0.668. The topological polar surface area (TPSA) is 25.4 Å². The maximum absolute atomic E-state index is 5.07. The molecule has 0 bridgehead atoms. The Morgan fingerprint density at radius 1 is 1.46 bits per heavy atom. The van der Waals surface area contributed by atoms with Crippen molar-refractivity contribution in [3.63, 3.8) is 0 Å². The zero-order valence-corrected chi connectivity index (χ0v) is 8.66. The summed E-state index contributed by atoms with van der Waals surface area (Å²) in [4.78, 5) is 6.46. The van der Waals surface area contributed by atoms with E-state index in [0.29, 0.717) is 5.88 Å². The zero-order valence-electron chi connectivity index (χ0n) is 8.66. The number of pyridine rings is 1. The van der Waals surface area contributed by atoms with E-state index >= 15 is 0 Å². The van der Waals surface area contributed by atoms with Gasteiger partial charge in [0.25, 0.3) is 0 Å². The molecule has 72 valence electrons. The second-order valence-corrected chi connectivity index (χ2v) is 3.01. The van der Waals surface area contributed by atoms with Crippen LogP contribution >= 0.6 is 0 Å². The molecule has 1 aromatic rings. The molecule has 1 heterocycles. The first-order chi connectivity index (χ1) is 6.19. The molecule has 0 amide bonds. The maximum Gasteiger partial charge on any atom is 0.214 e. The third-order valence-corrected chi connectivity index (χ3v) is 2.09. The lowest BCUT2D eigenvalue weighted by Crippen LogP contribution is -2.18. The molecule has 0 aliphatic carbocycles. The van der Waals surface area contributed by atoms with Crippen LogP contribution in [0, 0.1) is 6.92 Å². The minimum Gasteiger partial charge on any atom is -0.481 e. The van der Waals surface area contributed by atoms with Crippen molar-refractivity contribution in [2.24, 2.45) is 0 Å². The predicted molar refractivity (Wildman–Crippen MR) is 54.5 cm³/mol. The summed E-state index contributed by atoms with van der Waals surface area (Å²) in [6, 6.07) is 3.90. The number of ether oxygens (including phenoxy) is 1. The van der Waals surface area contributed by atoms with Crippen molar-refractivity contribution in [3.8, 4) is 5.88 Å². The fraction of sp³-hybridized carbons (Fsp3) is 0.500. The summed E-state index contributed by atoms with van der Waals surface area (Å²) in [5.74, 6) is 1.66. The largest absolute Gasteiger partial charge is 0.481 e. The molecule has 1 aromatic heterocycles. The van der Waals surface area contributed by atoms with Gasteiger partial charge in [-0.15, -0.1) is 0 Å². The SMILES string of the molecule is CCN(C)c1nc(OC)ccc1C. The molecule has 0 atom stereocenters. The van der Waals surface area contributed by atoms with Crippen LogP contribution in [0.2, 0.25) is 0 Å². The highest BCUT2D eigenvalue weighted by Gasteiger charge is 2.05. The van der Waals surface area contributed by atoms with Crippen molar-refractivity contribution in [3.05, 3.63) is 17.7 Å². The van der Waals surface area contributed by atoms with Crippen LogP contribution in [-0.2, 0) is 0 Å². The summed E-state index contributed by atoms with van der Waals surface area (Å²) in [5, 5.41) is 0. The standard InChI is InChI=1S/C10H16N2O/c1-5-12(3)10-8(2)6-7-9(11-10)13-4/h6-7H,5H2,1-4H3. The molecule has 3 nitrogen and oxygen atoms in total. The van der Waals surface area contributed by atoms with E-state index in [1.165, 1.54) is 5.56 Å². The van der Waals surface area contributed by atoms with Gasteiger partial charge in [0.2, 0.25) is 5.88 Å². The first kappa shape index (κ1) is 9.84. The quantitative estimate of drug-likeness (QED) is 0.710. The molecule has 0 fully saturated rings. The van der Waals surface area contributed by atoms with Crippen molar-refractivity contribution in [1.29, 1.82) is 0 Å². The number of rotatable bonds is 3. The molecular weight excluding hydrogens is 164 g/mol. The Bertz CT molecular complexity index is 286. The van der Waals surface area contributed by atoms with Gasteiger partial charge in [0, 0.05) is 19.7 Å². The molecule has 0 N–H and O–H groups in total. The number of nitrogens with zero attached hydrogens (tertiary/aromatic N) is 2. The smallest absolute Gasteiger partial charge is 0.214 e. The van der Waals surface area contributed by atoms with E-state index in [-0.39, 0.29) is 0 Å². The first-order valence-electron chi connectivity index (χ1n) is 4.41. The second kappa shape index (κ2) is 4.12. The van der Waals surface area contributed by atoms with Crippen molar-refractivity contribution in [2.75, 3.05) is 25.6 Å². The molecule has 0 saturated heterocycles. The molecule has 0 aliphatic heterocycles. The fourth-order valence-electron chi connectivity index (χ4n) is 1.15. The van der Waals surface area contributed by atoms with Crippen LogP contribution in [0.4, 0.5) is 5.82 Å². The van der Waals surface area contributed by atoms with Crippen LogP contribution in [0.1, 0.15) is 12.5 Å². The molecule has 0 spiro atoms. The number of hydrogen-bond acceptors (Lipinski definition) is 3. The van der Waals surface area contributed by atoms with Gasteiger partial charge in [0.15, 0.2) is 0 Å². The Balaban J connectivity index is 3.03. The lowest BCUT2D eigenvalue weighted by Gasteiger charge is -2.18. The van der Waals surface area contributed by atoms with Crippen LogP contribution in [-0.4, -0.2) is 25.7 Å². The maximum atomic E-state index is 5.07. The summed E-state index contributed by atoms with van der Waals surface area (Å²) >= 11 is 0. The third-order valence-electron chi connectivity index (χ3n) is 2.09. The van der Waals surface area contributed by atoms with Gasteiger partial charge in [-0.3, -0.25) is 0 Å². The van der Waals surface area contributed by atoms with Gasteiger partial charge in [-0.05, 0) is 19.4 Å². The van der Waals surface area contributed by atoms with Gasteiger partial charge in [-0.25, -0.2) is 0 Å². The van der Waals surface area contributed by atoms with Gasteiger partial charge >= 0.3 is 0 Å². The van der Waals surface area contributed by atoms with Gasteiger partial charge in [0.05, 0.1) is 7.11 Å². The number of hydrogen-bond donors (Lipinski definition) is 0. The van der Waals surface area contributed by atoms with Gasteiger partial charge in [-0.1, -0.05) is 6.07 Å². The van der Waals surface area contributed by atoms with Crippen molar-refractivity contribution < 1.29 is 4.74 Å².